The summed E-state index contributed by atoms with van der Waals surface area (Å²) in [5.74, 6) is 0.00512. The average molecular weight is 441 g/mol. The molecule has 4 aromatic rings. The van der Waals surface area contributed by atoms with Gasteiger partial charge in [0.15, 0.2) is 0 Å². The first-order valence-corrected chi connectivity index (χ1v) is 11.5. The molecule has 4 rings (SSSR count). The third-order valence-corrected chi connectivity index (χ3v) is 6.13. The molecule has 1 amide bonds. The zero-order chi connectivity index (χ0) is 23.2. The van der Waals surface area contributed by atoms with Gasteiger partial charge in [0.2, 0.25) is 5.91 Å². The molecule has 0 saturated heterocycles. The molecular formula is C29H32N2O2. The minimum atomic E-state index is -0.0309. The molecule has 0 aliphatic rings. The van der Waals surface area contributed by atoms with Crippen LogP contribution in [-0.4, -0.2) is 30.7 Å². The number of fused-ring (bicyclic) bond motifs is 1. The molecule has 170 valence electrons. The summed E-state index contributed by atoms with van der Waals surface area (Å²) in [7, 11) is 1.64. The lowest BCUT2D eigenvalue weighted by Crippen LogP contribution is -2.28. The van der Waals surface area contributed by atoms with Crippen molar-refractivity contribution in [2.75, 3.05) is 20.3 Å². The van der Waals surface area contributed by atoms with E-state index in [-0.39, 0.29) is 11.8 Å². The maximum absolute atomic E-state index is 12.9. The SMILES string of the molecule is COCCNC(=O)C[C@@H](c1cccc(C)c1)c1cn(Cc2ccc(C)cc2)c2ccccc12. The molecule has 0 saturated carbocycles. The Morgan fingerprint density at radius 1 is 0.970 bits per heavy atom. The van der Waals surface area contributed by atoms with Crippen molar-refractivity contribution >= 4 is 16.8 Å². The van der Waals surface area contributed by atoms with E-state index in [0.717, 1.165) is 12.1 Å². The molecule has 0 bridgehead atoms. The minimum Gasteiger partial charge on any atom is -0.383 e. The Balaban J connectivity index is 1.74. The fourth-order valence-electron chi connectivity index (χ4n) is 4.42. The van der Waals surface area contributed by atoms with Gasteiger partial charge in [0.05, 0.1) is 6.61 Å². The number of para-hydroxylation sites is 1. The normalized spacial score (nSPS) is 12.1. The molecule has 3 aromatic carbocycles. The van der Waals surface area contributed by atoms with Gasteiger partial charge in [-0.05, 0) is 36.6 Å². The number of benzene rings is 3. The number of methoxy groups -OCH3 is 1. The Hall–Kier alpha value is -3.37. The van der Waals surface area contributed by atoms with E-state index in [1.165, 1.54) is 33.2 Å². The molecule has 4 heteroatoms. The summed E-state index contributed by atoms with van der Waals surface area (Å²) in [6.45, 7) is 6.03. The van der Waals surface area contributed by atoms with Crippen LogP contribution in [0.3, 0.4) is 0 Å². The van der Waals surface area contributed by atoms with Crippen LogP contribution in [0.4, 0.5) is 0 Å². The Morgan fingerprint density at radius 2 is 1.76 bits per heavy atom. The van der Waals surface area contributed by atoms with Crippen molar-refractivity contribution in [3.63, 3.8) is 0 Å². The van der Waals surface area contributed by atoms with Gasteiger partial charge in [-0.15, -0.1) is 0 Å². The van der Waals surface area contributed by atoms with Gasteiger partial charge in [0, 0.05) is 49.6 Å². The number of carbonyl (C=O) groups excluding carboxylic acids is 1. The van der Waals surface area contributed by atoms with Crippen LogP contribution < -0.4 is 5.32 Å². The number of nitrogens with one attached hydrogen (secondary N) is 1. The summed E-state index contributed by atoms with van der Waals surface area (Å²) in [4.78, 5) is 12.9. The highest BCUT2D eigenvalue weighted by Crippen LogP contribution is 2.35. The number of ether oxygens (including phenoxy) is 1. The van der Waals surface area contributed by atoms with Crippen molar-refractivity contribution in [1.29, 1.82) is 0 Å². The standard InChI is InChI=1S/C29H32N2O2/c1-21-11-13-23(14-12-21)19-31-20-27(25-9-4-5-10-28(25)31)26(18-29(32)30-15-16-33-3)24-8-6-7-22(2)17-24/h4-14,17,20,26H,15-16,18-19H2,1-3H3,(H,30,32)/t26-/m0/s1. The summed E-state index contributed by atoms with van der Waals surface area (Å²) >= 11 is 0. The maximum Gasteiger partial charge on any atom is 0.221 e. The van der Waals surface area contributed by atoms with Crippen LogP contribution >= 0.6 is 0 Å². The predicted molar refractivity (Wildman–Crippen MR) is 135 cm³/mol. The molecule has 0 aliphatic heterocycles. The molecular weight excluding hydrogens is 408 g/mol. The quantitative estimate of drug-likeness (QED) is 0.345. The Labute approximate surface area is 196 Å². The Kier molecular flexibility index (Phi) is 7.26. The van der Waals surface area contributed by atoms with E-state index in [2.05, 4.69) is 103 Å². The second kappa shape index (κ2) is 10.5. The van der Waals surface area contributed by atoms with Crippen molar-refractivity contribution in [3.8, 4) is 0 Å². The van der Waals surface area contributed by atoms with E-state index in [0.29, 0.717) is 19.6 Å². The van der Waals surface area contributed by atoms with E-state index < -0.39 is 0 Å². The van der Waals surface area contributed by atoms with Crippen LogP contribution in [0.15, 0.2) is 79.0 Å². The molecule has 4 nitrogen and oxygen atoms in total. The molecule has 0 spiro atoms. The zero-order valence-corrected chi connectivity index (χ0v) is 19.7. The van der Waals surface area contributed by atoms with E-state index in [1.54, 1.807) is 7.11 Å². The molecule has 0 unspecified atom stereocenters. The number of aromatic nitrogens is 1. The highest BCUT2D eigenvalue weighted by molar-refractivity contribution is 5.86. The van der Waals surface area contributed by atoms with Crippen molar-refractivity contribution in [2.45, 2.75) is 32.7 Å². The lowest BCUT2D eigenvalue weighted by atomic mass is 9.87. The first-order valence-electron chi connectivity index (χ1n) is 11.5. The minimum absolute atomic E-state index is 0.0309. The Bertz CT molecular complexity index is 1220. The van der Waals surface area contributed by atoms with Crippen LogP contribution in [0.25, 0.3) is 10.9 Å². The van der Waals surface area contributed by atoms with Crippen molar-refractivity contribution in [3.05, 3.63) is 107 Å². The van der Waals surface area contributed by atoms with Gasteiger partial charge < -0.3 is 14.6 Å². The first kappa shape index (κ1) is 22.8. The van der Waals surface area contributed by atoms with E-state index in [9.17, 15) is 4.79 Å². The lowest BCUT2D eigenvalue weighted by Gasteiger charge is -2.18. The second-order valence-corrected chi connectivity index (χ2v) is 8.73. The summed E-state index contributed by atoms with van der Waals surface area (Å²) in [6.07, 6.45) is 2.63. The van der Waals surface area contributed by atoms with Crippen LogP contribution in [0, 0.1) is 13.8 Å². The van der Waals surface area contributed by atoms with Gasteiger partial charge in [-0.2, -0.15) is 0 Å². The van der Waals surface area contributed by atoms with Gasteiger partial charge in [-0.1, -0.05) is 77.9 Å². The molecule has 1 aromatic heterocycles. The third kappa shape index (κ3) is 5.52. The monoisotopic (exact) mass is 440 g/mol. The van der Waals surface area contributed by atoms with Crippen molar-refractivity contribution < 1.29 is 9.53 Å². The summed E-state index contributed by atoms with van der Waals surface area (Å²) in [5, 5.41) is 4.19. The molecule has 33 heavy (non-hydrogen) atoms. The van der Waals surface area contributed by atoms with Crippen LogP contribution in [0.5, 0.6) is 0 Å². The summed E-state index contributed by atoms with van der Waals surface area (Å²) < 4.78 is 7.40. The third-order valence-electron chi connectivity index (χ3n) is 6.13. The van der Waals surface area contributed by atoms with Crippen LogP contribution in [0.1, 0.15) is 40.2 Å². The number of carbonyl (C=O) groups is 1. The number of rotatable bonds is 9. The smallest absolute Gasteiger partial charge is 0.221 e. The van der Waals surface area contributed by atoms with Gasteiger partial charge in [-0.25, -0.2) is 0 Å². The Morgan fingerprint density at radius 3 is 2.52 bits per heavy atom. The molecule has 1 N–H and O–H groups in total. The number of nitrogens with zero attached hydrogens (tertiary/aromatic N) is 1. The number of hydrogen-bond donors (Lipinski definition) is 1. The number of amides is 1. The highest BCUT2D eigenvalue weighted by atomic mass is 16.5. The molecule has 0 radical (unpaired) electrons. The lowest BCUT2D eigenvalue weighted by molar-refractivity contribution is -0.121. The van der Waals surface area contributed by atoms with E-state index in [4.69, 9.17) is 4.74 Å². The molecule has 1 atom stereocenters. The molecule has 0 fully saturated rings. The number of hydrogen-bond acceptors (Lipinski definition) is 2. The van der Waals surface area contributed by atoms with Gasteiger partial charge in [0.1, 0.15) is 0 Å². The largest absolute Gasteiger partial charge is 0.383 e. The van der Waals surface area contributed by atoms with Crippen molar-refractivity contribution in [2.24, 2.45) is 0 Å². The zero-order valence-electron chi connectivity index (χ0n) is 19.7. The average Bonchev–Trinajstić information content (AvgIpc) is 3.17. The van der Waals surface area contributed by atoms with E-state index >= 15 is 0 Å². The van der Waals surface area contributed by atoms with Crippen LogP contribution in [-0.2, 0) is 16.1 Å². The maximum atomic E-state index is 12.9. The molecule has 0 aliphatic carbocycles. The fraction of sp³-hybridized carbons (Fsp3) is 0.276. The fourth-order valence-corrected chi connectivity index (χ4v) is 4.42. The van der Waals surface area contributed by atoms with Gasteiger partial charge in [-0.3, -0.25) is 4.79 Å². The van der Waals surface area contributed by atoms with Gasteiger partial charge >= 0.3 is 0 Å². The molecule has 1 heterocycles. The topological polar surface area (TPSA) is 43.3 Å². The predicted octanol–water partition coefficient (Wildman–Crippen LogP) is 5.59. The second-order valence-electron chi connectivity index (χ2n) is 8.73. The van der Waals surface area contributed by atoms with Crippen LogP contribution in [0.2, 0.25) is 0 Å². The first-order chi connectivity index (χ1) is 16.0. The van der Waals surface area contributed by atoms with E-state index in [1.807, 2.05) is 0 Å². The highest BCUT2D eigenvalue weighted by Gasteiger charge is 2.23. The number of aryl methyl sites for hydroxylation is 2. The summed E-state index contributed by atoms with van der Waals surface area (Å²) in [6, 6.07) is 25.7. The van der Waals surface area contributed by atoms with Crippen molar-refractivity contribution in [1.82, 2.24) is 9.88 Å². The summed E-state index contributed by atoms with van der Waals surface area (Å²) in [5.41, 5.74) is 7.25. The van der Waals surface area contributed by atoms with Gasteiger partial charge in [0.25, 0.3) is 0 Å².